The number of carbonyl (C=O) groups is 1. The minimum Gasteiger partial charge on any atom is -0.370 e. The predicted octanol–water partition coefficient (Wildman–Crippen LogP) is 3.17. The number of amides is 1. The Morgan fingerprint density at radius 2 is 1.85 bits per heavy atom. The molecule has 1 heterocycles. The molecule has 0 saturated heterocycles. The summed E-state index contributed by atoms with van der Waals surface area (Å²) in [4.78, 5) is 26.5. The monoisotopic (exact) mass is 445 g/mol. The maximum absolute atomic E-state index is 12.9. The minimum absolute atomic E-state index is 0.0302. The van der Waals surface area contributed by atoms with Gasteiger partial charge in [-0.2, -0.15) is 0 Å². The summed E-state index contributed by atoms with van der Waals surface area (Å²) in [5.41, 5.74) is 15.3. The molecule has 6 N–H and O–H groups in total. The number of anilines is 1. The zero-order valence-electron chi connectivity index (χ0n) is 19.1. The molecular weight excluding hydrogens is 414 g/mol. The zero-order valence-corrected chi connectivity index (χ0v) is 19.1. The Kier molecular flexibility index (Phi) is 6.72. The second-order valence-corrected chi connectivity index (χ2v) is 8.74. The van der Waals surface area contributed by atoms with E-state index in [9.17, 15) is 4.79 Å². The number of fused-ring (bicyclic) bond motifs is 1. The second kappa shape index (κ2) is 9.85. The van der Waals surface area contributed by atoms with E-state index in [0.29, 0.717) is 17.9 Å². The smallest absolute Gasteiger partial charge is 0.289 e. The van der Waals surface area contributed by atoms with Crippen molar-refractivity contribution in [3.63, 3.8) is 0 Å². The van der Waals surface area contributed by atoms with Crippen LogP contribution in [0.25, 0.3) is 10.9 Å². The van der Waals surface area contributed by atoms with Crippen LogP contribution in [0.1, 0.15) is 53.0 Å². The third kappa shape index (κ3) is 5.58. The number of nitrogens with one attached hydrogen (secondary N) is 2. The number of carbonyl (C=O) groups excluding carboxylic acids is 1. The highest BCUT2D eigenvalue weighted by atomic mass is 16.2. The molecule has 1 saturated carbocycles. The van der Waals surface area contributed by atoms with Gasteiger partial charge in [0.25, 0.3) is 5.91 Å². The molecule has 2 aromatic carbocycles. The molecule has 1 aliphatic carbocycles. The third-order valence-corrected chi connectivity index (χ3v) is 5.96. The van der Waals surface area contributed by atoms with E-state index in [1.165, 1.54) is 0 Å². The third-order valence-electron chi connectivity index (χ3n) is 5.96. The van der Waals surface area contributed by atoms with Gasteiger partial charge < -0.3 is 22.1 Å². The van der Waals surface area contributed by atoms with E-state index in [2.05, 4.69) is 25.6 Å². The van der Waals surface area contributed by atoms with Crippen molar-refractivity contribution in [2.45, 2.75) is 58.2 Å². The highest BCUT2D eigenvalue weighted by molar-refractivity contribution is 5.96. The van der Waals surface area contributed by atoms with Gasteiger partial charge in [-0.15, -0.1) is 0 Å². The normalized spacial score (nSPS) is 18.0. The van der Waals surface area contributed by atoms with Crippen LogP contribution in [0.4, 0.5) is 5.82 Å². The number of benzene rings is 2. The van der Waals surface area contributed by atoms with Gasteiger partial charge in [0.05, 0.1) is 17.6 Å². The van der Waals surface area contributed by atoms with Crippen LogP contribution in [0.2, 0.25) is 0 Å². The van der Waals surface area contributed by atoms with Gasteiger partial charge in [-0.3, -0.25) is 4.79 Å². The molecule has 8 nitrogen and oxygen atoms in total. The fraction of sp³-hybridized carbons (Fsp3) is 0.360. The first-order valence-electron chi connectivity index (χ1n) is 11.4. The van der Waals surface area contributed by atoms with Crippen molar-refractivity contribution in [1.82, 2.24) is 15.3 Å². The number of nitrogens with two attached hydrogens (primary N) is 2. The quantitative estimate of drug-likeness (QED) is 0.340. The molecule has 8 heteroatoms. The van der Waals surface area contributed by atoms with Crippen molar-refractivity contribution >= 4 is 28.6 Å². The van der Waals surface area contributed by atoms with Gasteiger partial charge in [0.1, 0.15) is 5.82 Å². The molecule has 4 rings (SSSR count). The van der Waals surface area contributed by atoms with E-state index in [4.69, 9.17) is 11.5 Å². The summed E-state index contributed by atoms with van der Waals surface area (Å²) in [6, 6.07) is 14.0. The molecule has 0 bridgehead atoms. The minimum atomic E-state index is -0.313. The number of aliphatic imine (C=N–C) groups is 1. The predicted molar refractivity (Wildman–Crippen MR) is 132 cm³/mol. The standard InChI is InChI=1S/C25H31N7O/c1-15-6-5-7-17(12-15)14-28-24(33)23-29-19-11-10-16(2)13-18(19)22(32-23)30-20-8-3-4-9-21(20)31-25(26)27/h5-7,10-13,20-21H,3-4,8-9,14H2,1-2H3,(H,28,33)(H4,26,27,31)(H,29,30,32). The Labute approximate surface area is 193 Å². The average Bonchev–Trinajstić information content (AvgIpc) is 2.78. The highest BCUT2D eigenvalue weighted by Crippen LogP contribution is 2.28. The largest absolute Gasteiger partial charge is 0.370 e. The van der Waals surface area contributed by atoms with Crippen LogP contribution in [0, 0.1) is 13.8 Å². The van der Waals surface area contributed by atoms with Crippen molar-refractivity contribution in [1.29, 1.82) is 0 Å². The fourth-order valence-electron chi connectivity index (χ4n) is 4.34. The lowest BCUT2D eigenvalue weighted by molar-refractivity contribution is 0.0941. The molecule has 0 spiro atoms. The molecule has 33 heavy (non-hydrogen) atoms. The van der Waals surface area contributed by atoms with Crippen molar-refractivity contribution < 1.29 is 4.79 Å². The van der Waals surface area contributed by atoms with E-state index >= 15 is 0 Å². The maximum atomic E-state index is 12.9. The number of nitrogens with zero attached hydrogens (tertiary/aromatic N) is 3. The van der Waals surface area contributed by atoms with Gasteiger partial charge in [-0.1, -0.05) is 54.3 Å². The summed E-state index contributed by atoms with van der Waals surface area (Å²) in [5, 5.41) is 7.35. The summed E-state index contributed by atoms with van der Waals surface area (Å²) in [5.74, 6) is 0.544. The second-order valence-electron chi connectivity index (χ2n) is 8.74. The topological polar surface area (TPSA) is 131 Å². The van der Waals surface area contributed by atoms with E-state index in [0.717, 1.165) is 47.8 Å². The molecule has 1 aliphatic rings. The molecule has 172 valence electrons. The van der Waals surface area contributed by atoms with Gasteiger partial charge >= 0.3 is 0 Å². The Morgan fingerprint density at radius 1 is 1.06 bits per heavy atom. The molecule has 1 amide bonds. The number of aryl methyl sites for hydroxylation is 2. The Hall–Kier alpha value is -3.68. The first-order valence-corrected chi connectivity index (χ1v) is 11.4. The van der Waals surface area contributed by atoms with Crippen molar-refractivity contribution in [3.05, 3.63) is 65.0 Å². The van der Waals surface area contributed by atoms with Gasteiger partial charge in [0, 0.05) is 11.9 Å². The maximum Gasteiger partial charge on any atom is 0.289 e. The summed E-state index contributed by atoms with van der Waals surface area (Å²) >= 11 is 0. The van der Waals surface area contributed by atoms with E-state index in [1.807, 2.05) is 56.3 Å². The van der Waals surface area contributed by atoms with Gasteiger partial charge in [-0.25, -0.2) is 15.0 Å². The average molecular weight is 446 g/mol. The van der Waals surface area contributed by atoms with Crippen LogP contribution in [0.15, 0.2) is 47.5 Å². The van der Waals surface area contributed by atoms with Crippen molar-refractivity contribution in [2.24, 2.45) is 16.5 Å². The van der Waals surface area contributed by atoms with Crippen LogP contribution < -0.4 is 22.1 Å². The lowest BCUT2D eigenvalue weighted by Gasteiger charge is -2.30. The number of hydrogen-bond donors (Lipinski definition) is 4. The van der Waals surface area contributed by atoms with E-state index < -0.39 is 0 Å². The SMILES string of the molecule is Cc1cccc(CNC(=O)c2nc(NC3CCCCC3N=C(N)N)c3cc(C)ccc3n2)c1. The lowest BCUT2D eigenvalue weighted by Crippen LogP contribution is -2.38. The zero-order chi connectivity index (χ0) is 23.4. The summed E-state index contributed by atoms with van der Waals surface area (Å²) < 4.78 is 0. The van der Waals surface area contributed by atoms with Gasteiger partial charge in [0.15, 0.2) is 5.96 Å². The van der Waals surface area contributed by atoms with Crippen LogP contribution in [-0.4, -0.2) is 33.9 Å². The van der Waals surface area contributed by atoms with Crippen LogP contribution in [0.5, 0.6) is 0 Å². The molecule has 2 atom stereocenters. The van der Waals surface area contributed by atoms with E-state index in [-0.39, 0.29) is 29.8 Å². The van der Waals surface area contributed by atoms with Gasteiger partial charge in [0.2, 0.25) is 5.82 Å². The summed E-state index contributed by atoms with van der Waals surface area (Å²) in [7, 11) is 0. The molecule has 1 fully saturated rings. The molecule has 0 radical (unpaired) electrons. The van der Waals surface area contributed by atoms with E-state index in [1.54, 1.807) is 0 Å². The number of guanidine groups is 1. The van der Waals surface area contributed by atoms with Crippen LogP contribution >= 0.6 is 0 Å². The highest BCUT2D eigenvalue weighted by Gasteiger charge is 2.26. The summed E-state index contributed by atoms with van der Waals surface area (Å²) in [6.07, 6.45) is 3.99. The molecule has 2 unspecified atom stereocenters. The first kappa shape index (κ1) is 22.5. The summed E-state index contributed by atoms with van der Waals surface area (Å²) in [6.45, 7) is 4.46. The Balaban J connectivity index is 1.63. The van der Waals surface area contributed by atoms with Crippen LogP contribution in [-0.2, 0) is 6.54 Å². The van der Waals surface area contributed by atoms with Crippen LogP contribution in [0.3, 0.4) is 0 Å². The lowest BCUT2D eigenvalue weighted by atomic mass is 9.90. The molecular formula is C25H31N7O. The van der Waals surface area contributed by atoms with Crippen molar-refractivity contribution in [2.75, 3.05) is 5.32 Å². The molecule has 0 aliphatic heterocycles. The fourth-order valence-corrected chi connectivity index (χ4v) is 4.34. The Bertz CT molecular complexity index is 1190. The number of aromatic nitrogens is 2. The number of rotatable bonds is 6. The molecule has 1 aromatic heterocycles. The van der Waals surface area contributed by atoms with Crippen molar-refractivity contribution in [3.8, 4) is 0 Å². The molecule has 3 aromatic rings. The first-order chi connectivity index (χ1) is 15.9. The van der Waals surface area contributed by atoms with Gasteiger partial charge in [-0.05, 0) is 44.4 Å². The number of hydrogen-bond acceptors (Lipinski definition) is 5. The Morgan fingerprint density at radius 3 is 2.64 bits per heavy atom.